The molecule has 2 rings (SSSR count). The second-order valence-electron chi connectivity index (χ2n) is 4.23. The zero-order valence-corrected chi connectivity index (χ0v) is 9.69. The van der Waals surface area contributed by atoms with Crippen molar-refractivity contribution in [2.45, 2.75) is 38.5 Å². The molecule has 0 bridgehead atoms. The molecule has 86 valence electrons. The van der Waals surface area contributed by atoms with Gasteiger partial charge in [-0.1, -0.05) is 12.8 Å². The number of aryl methyl sites for hydroxylation is 1. The van der Waals surface area contributed by atoms with Gasteiger partial charge in [0.2, 0.25) is 5.82 Å². The smallest absolute Gasteiger partial charge is 0.376 e. The molecular weight excluding hydrogens is 204 g/mol. The van der Waals surface area contributed by atoms with E-state index in [1.807, 2.05) is 13.0 Å². The number of esters is 1. The summed E-state index contributed by atoms with van der Waals surface area (Å²) < 4.78 is 4.64. The van der Waals surface area contributed by atoms with Crippen molar-refractivity contribution in [2.75, 3.05) is 7.11 Å². The summed E-state index contributed by atoms with van der Waals surface area (Å²) in [5, 5.41) is 0. The monoisotopic (exact) mass is 220 g/mol. The minimum atomic E-state index is -0.456. The summed E-state index contributed by atoms with van der Waals surface area (Å²) >= 11 is 0. The summed E-state index contributed by atoms with van der Waals surface area (Å²) in [5.74, 6) is 0.220. The van der Waals surface area contributed by atoms with E-state index in [9.17, 15) is 4.79 Å². The maximum atomic E-state index is 11.4. The summed E-state index contributed by atoms with van der Waals surface area (Å²) in [6.45, 7) is 1.88. The van der Waals surface area contributed by atoms with Gasteiger partial charge in [0, 0.05) is 17.3 Å². The standard InChI is InChI=1S/C12H16N2O2/c1-8-7-10(9-5-3-4-6-9)14-11(13-8)12(15)16-2/h7,9H,3-6H2,1-2H3. The van der Waals surface area contributed by atoms with Gasteiger partial charge in [-0.3, -0.25) is 0 Å². The van der Waals surface area contributed by atoms with Crippen molar-refractivity contribution in [3.05, 3.63) is 23.3 Å². The Bertz CT molecular complexity index is 398. The van der Waals surface area contributed by atoms with E-state index >= 15 is 0 Å². The normalized spacial score (nSPS) is 16.4. The van der Waals surface area contributed by atoms with Gasteiger partial charge < -0.3 is 4.74 Å². The average Bonchev–Trinajstić information content (AvgIpc) is 2.80. The third-order valence-electron chi connectivity index (χ3n) is 3.02. The highest BCUT2D eigenvalue weighted by atomic mass is 16.5. The van der Waals surface area contributed by atoms with Crippen LogP contribution in [0, 0.1) is 6.92 Å². The van der Waals surface area contributed by atoms with E-state index in [0.717, 1.165) is 24.2 Å². The summed E-state index contributed by atoms with van der Waals surface area (Å²) in [7, 11) is 1.35. The molecule has 4 heteroatoms. The van der Waals surface area contributed by atoms with Crippen molar-refractivity contribution >= 4 is 5.97 Å². The third-order valence-corrected chi connectivity index (χ3v) is 3.02. The lowest BCUT2D eigenvalue weighted by Gasteiger charge is -2.10. The molecule has 0 spiro atoms. The van der Waals surface area contributed by atoms with E-state index in [0.29, 0.717) is 5.92 Å². The van der Waals surface area contributed by atoms with Crippen LogP contribution < -0.4 is 0 Å². The summed E-state index contributed by atoms with van der Waals surface area (Å²) in [4.78, 5) is 19.8. The minimum Gasteiger partial charge on any atom is -0.463 e. The fourth-order valence-electron chi connectivity index (χ4n) is 2.21. The van der Waals surface area contributed by atoms with Gasteiger partial charge in [-0.15, -0.1) is 0 Å². The fourth-order valence-corrected chi connectivity index (χ4v) is 2.21. The lowest BCUT2D eigenvalue weighted by atomic mass is 10.0. The van der Waals surface area contributed by atoms with Crippen LogP contribution in [0.25, 0.3) is 0 Å². The third kappa shape index (κ3) is 2.21. The molecule has 1 fully saturated rings. The number of carbonyl (C=O) groups excluding carboxylic acids is 1. The van der Waals surface area contributed by atoms with Crippen LogP contribution in [0.3, 0.4) is 0 Å². The molecule has 0 aliphatic heterocycles. The van der Waals surface area contributed by atoms with E-state index in [2.05, 4.69) is 14.7 Å². The predicted molar refractivity (Wildman–Crippen MR) is 59.3 cm³/mol. The van der Waals surface area contributed by atoms with Gasteiger partial charge in [-0.25, -0.2) is 14.8 Å². The first-order chi connectivity index (χ1) is 7.70. The molecule has 1 aliphatic rings. The second kappa shape index (κ2) is 4.60. The first-order valence-electron chi connectivity index (χ1n) is 5.64. The summed E-state index contributed by atoms with van der Waals surface area (Å²) in [6.07, 6.45) is 4.83. The van der Waals surface area contributed by atoms with Crippen LogP contribution in [0.15, 0.2) is 6.07 Å². The van der Waals surface area contributed by atoms with E-state index < -0.39 is 5.97 Å². The van der Waals surface area contributed by atoms with Gasteiger partial charge in [0.15, 0.2) is 0 Å². The Labute approximate surface area is 95.1 Å². The summed E-state index contributed by atoms with van der Waals surface area (Å²) in [6, 6.07) is 1.97. The van der Waals surface area contributed by atoms with Crippen molar-refractivity contribution in [3.8, 4) is 0 Å². The average molecular weight is 220 g/mol. The number of rotatable bonds is 2. The van der Waals surface area contributed by atoms with Crippen LogP contribution in [0.1, 0.15) is 53.6 Å². The SMILES string of the molecule is COC(=O)c1nc(C)cc(C2CCCC2)n1. The Kier molecular flexibility index (Phi) is 3.17. The van der Waals surface area contributed by atoms with Crippen molar-refractivity contribution in [2.24, 2.45) is 0 Å². The zero-order chi connectivity index (χ0) is 11.5. The molecule has 0 aromatic carbocycles. The molecule has 16 heavy (non-hydrogen) atoms. The first-order valence-corrected chi connectivity index (χ1v) is 5.64. The molecule has 0 saturated heterocycles. The van der Waals surface area contributed by atoms with Gasteiger partial charge >= 0.3 is 5.97 Å². The van der Waals surface area contributed by atoms with Crippen LogP contribution >= 0.6 is 0 Å². The topological polar surface area (TPSA) is 52.1 Å². The molecule has 1 aliphatic carbocycles. The fraction of sp³-hybridized carbons (Fsp3) is 0.583. The summed E-state index contributed by atoms with van der Waals surface area (Å²) in [5.41, 5.74) is 1.82. The van der Waals surface area contributed by atoms with Crippen molar-refractivity contribution < 1.29 is 9.53 Å². The van der Waals surface area contributed by atoms with Crippen LogP contribution in [-0.4, -0.2) is 23.0 Å². The Morgan fingerprint density at radius 2 is 2.06 bits per heavy atom. The highest BCUT2D eigenvalue weighted by Crippen LogP contribution is 2.33. The van der Waals surface area contributed by atoms with Gasteiger partial charge in [0.25, 0.3) is 0 Å². The number of hydrogen-bond acceptors (Lipinski definition) is 4. The molecule has 0 atom stereocenters. The second-order valence-corrected chi connectivity index (χ2v) is 4.23. The van der Waals surface area contributed by atoms with Crippen molar-refractivity contribution in [1.82, 2.24) is 9.97 Å². The molecule has 1 aromatic heterocycles. The van der Waals surface area contributed by atoms with Crippen LogP contribution in [0.5, 0.6) is 0 Å². The Hall–Kier alpha value is -1.45. The van der Waals surface area contributed by atoms with Crippen LogP contribution in [-0.2, 0) is 4.74 Å². The zero-order valence-electron chi connectivity index (χ0n) is 9.69. The quantitative estimate of drug-likeness (QED) is 0.717. The van der Waals surface area contributed by atoms with Crippen molar-refractivity contribution in [1.29, 1.82) is 0 Å². The highest BCUT2D eigenvalue weighted by molar-refractivity contribution is 5.85. The van der Waals surface area contributed by atoms with Gasteiger partial charge in [-0.05, 0) is 25.8 Å². The Balaban J connectivity index is 2.31. The van der Waals surface area contributed by atoms with E-state index in [1.54, 1.807) is 0 Å². The lowest BCUT2D eigenvalue weighted by Crippen LogP contribution is -2.11. The molecular formula is C12H16N2O2. The first kappa shape index (κ1) is 11.0. The van der Waals surface area contributed by atoms with E-state index in [-0.39, 0.29) is 5.82 Å². The number of nitrogens with zero attached hydrogens (tertiary/aromatic N) is 2. The Morgan fingerprint density at radius 3 is 2.69 bits per heavy atom. The Morgan fingerprint density at radius 1 is 1.38 bits per heavy atom. The maximum Gasteiger partial charge on any atom is 0.376 e. The van der Waals surface area contributed by atoms with Crippen LogP contribution in [0.4, 0.5) is 0 Å². The molecule has 1 saturated carbocycles. The number of aromatic nitrogens is 2. The molecule has 1 aromatic rings. The number of carbonyl (C=O) groups is 1. The molecule has 1 heterocycles. The molecule has 0 N–H and O–H groups in total. The van der Waals surface area contributed by atoms with Gasteiger partial charge in [0.1, 0.15) is 0 Å². The van der Waals surface area contributed by atoms with Gasteiger partial charge in [0.05, 0.1) is 7.11 Å². The van der Waals surface area contributed by atoms with Crippen LogP contribution in [0.2, 0.25) is 0 Å². The van der Waals surface area contributed by atoms with Crippen molar-refractivity contribution in [3.63, 3.8) is 0 Å². The molecule has 0 unspecified atom stereocenters. The molecule has 0 amide bonds. The highest BCUT2D eigenvalue weighted by Gasteiger charge is 2.21. The van der Waals surface area contributed by atoms with Gasteiger partial charge in [-0.2, -0.15) is 0 Å². The molecule has 0 radical (unpaired) electrons. The van der Waals surface area contributed by atoms with E-state index in [1.165, 1.54) is 20.0 Å². The van der Waals surface area contributed by atoms with E-state index in [4.69, 9.17) is 0 Å². The minimum absolute atomic E-state index is 0.185. The number of methoxy groups -OCH3 is 1. The lowest BCUT2D eigenvalue weighted by molar-refractivity contribution is 0.0586. The molecule has 4 nitrogen and oxygen atoms in total. The number of ether oxygens (including phenoxy) is 1. The number of hydrogen-bond donors (Lipinski definition) is 0. The largest absolute Gasteiger partial charge is 0.463 e. The predicted octanol–water partition coefficient (Wildman–Crippen LogP) is 2.23. The maximum absolute atomic E-state index is 11.4.